The topological polar surface area (TPSA) is 93.2 Å². The van der Waals surface area contributed by atoms with Crippen LogP contribution in [0.5, 0.6) is 0 Å². The van der Waals surface area contributed by atoms with Crippen molar-refractivity contribution in [2.24, 2.45) is 0 Å². The van der Waals surface area contributed by atoms with Crippen LogP contribution in [0, 0.1) is 0 Å². The first-order chi connectivity index (χ1) is 9.95. The molecule has 0 aliphatic carbocycles. The molecule has 1 aromatic carbocycles. The maximum atomic E-state index is 11.9. The smallest absolute Gasteiger partial charge is 0.253 e. The largest absolute Gasteiger partial charge is 0.396 e. The lowest BCUT2D eigenvalue weighted by Crippen LogP contribution is -2.22. The number of amides is 2. The Morgan fingerprint density at radius 2 is 2.14 bits per heavy atom. The molecule has 21 heavy (non-hydrogen) atoms. The van der Waals surface area contributed by atoms with Gasteiger partial charge in [-0.1, -0.05) is 6.07 Å². The number of carbonyl (C=O) groups is 2. The zero-order valence-corrected chi connectivity index (χ0v) is 11.9. The monoisotopic (exact) mass is 287 g/mol. The lowest BCUT2D eigenvalue weighted by atomic mass is 10.2. The summed E-state index contributed by atoms with van der Waals surface area (Å²) < 4.78 is 1.44. The Bertz CT molecular complexity index is 663. The van der Waals surface area contributed by atoms with Crippen LogP contribution in [0.15, 0.2) is 36.7 Å². The van der Waals surface area contributed by atoms with E-state index in [4.69, 9.17) is 5.73 Å². The van der Waals surface area contributed by atoms with Gasteiger partial charge >= 0.3 is 0 Å². The minimum absolute atomic E-state index is 0.0586. The standard InChI is InChI=1S/C14H17N5O2/c1-18(2)14(21)10-4-3-5-12(6-10)17-13(20)9-19-8-11(15)7-16-19/h3-8H,9,15H2,1-2H3,(H,17,20). The molecule has 110 valence electrons. The van der Waals surface area contributed by atoms with E-state index in [1.54, 1.807) is 44.6 Å². The number of nitrogens with one attached hydrogen (secondary N) is 1. The fourth-order valence-corrected chi connectivity index (χ4v) is 1.80. The summed E-state index contributed by atoms with van der Waals surface area (Å²) >= 11 is 0. The molecule has 0 saturated heterocycles. The summed E-state index contributed by atoms with van der Waals surface area (Å²) in [4.78, 5) is 25.2. The van der Waals surface area contributed by atoms with Gasteiger partial charge in [-0.15, -0.1) is 0 Å². The molecule has 7 heteroatoms. The molecule has 3 N–H and O–H groups in total. The minimum atomic E-state index is -0.243. The van der Waals surface area contributed by atoms with Crippen molar-refractivity contribution < 1.29 is 9.59 Å². The third-order valence-electron chi connectivity index (χ3n) is 2.76. The Morgan fingerprint density at radius 1 is 1.38 bits per heavy atom. The van der Waals surface area contributed by atoms with E-state index < -0.39 is 0 Å². The SMILES string of the molecule is CN(C)C(=O)c1cccc(NC(=O)Cn2cc(N)cn2)c1. The van der Waals surface area contributed by atoms with E-state index in [9.17, 15) is 9.59 Å². The predicted octanol–water partition coefficient (Wildman–Crippen LogP) is 0.806. The van der Waals surface area contributed by atoms with Crippen molar-refractivity contribution >= 4 is 23.2 Å². The van der Waals surface area contributed by atoms with Crippen LogP contribution in [0.2, 0.25) is 0 Å². The maximum absolute atomic E-state index is 11.9. The molecule has 1 aromatic heterocycles. The number of anilines is 2. The van der Waals surface area contributed by atoms with Crippen molar-refractivity contribution in [1.29, 1.82) is 0 Å². The highest BCUT2D eigenvalue weighted by atomic mass is 16.2. The van der Waals surface area contributed by atoms with Gasteiger partial charge in [-0.2, -0.15) is 5.10 Å². The molecular formula is C14H17N5O2. The average molecular weight is 287 g/mol. The van der Waals surface area contributed by atoms with Gasteiger partial charge in [0.15, 0.2) is 0 Å². The van der Waals surface area contributed by atoms with E-state index in [2.05, 4.69) is 10.4 Å². The molecule has 7 nitrogen and oxygen atoms in total. The van der Waals surface area contributed by atoms with Crippen molar-refractivity contribution in [2.45, 2.75) is 6.54 Å². The van der Waals surface area contributed by atoms with Gasteiger partial charge in [-0.05, 0) is 18.2 Å². The van der Waals surface area contributed by atoms with Crippen molar-refractivity contribution in [3.63, 3.8) is 0 Å². The summed E-state index contributed by atoms with van der Waals surface area (Å²) in [5.41, 5.74) is 7.11. The molecule has 1 heterocycles. The third-order valence-corrected chi connectivity index (χ3v) is 2.76. The van der Waals surface area contributed by atoms with Crippen LogP contribution < -0.4 is 11.1 Å². The van der Waals surface area contributed by atoms with E-state index >= 15 is 0 Å². The van der Waals surface area contributed by atoms with Crippen molar-refractivity contribution in [3.05, 3.63) is 42.2 Å². The van der Waals surface area contributed by atoms with Gasteiger partial charge in [0.05, 0.1) is 11.9 Å². The van der Waals surface area contributed by atoms with Crippen LogP contribution >= 0.6 is 0 Å². The molecule has 0 saturated carbocycles. The second kappa shape index (κ2) is 6.08. The number of nitrogens with zero attached hydrogens (tertiary/aromatic N) is 3. The molecule has 0 fully saturated rings. The van der Waals surface area contributed by atoms with Gasteiger partial charge in [0, 0.05) is 31.5 Å². The van der Waals surface area contributed by atoms with Gasteiger partial charge in [0.25, 0.3) is 5.91 Å². The Balaban J connectivity index is 2.04. The number of carbonyl (C=O) groups excluding carboxylic acids is 2. The Morgan fingerprint density at radius 3 is 2.76 bits per heavy atom. The number of hydrogen-bond donors (Lipinski definition) is 2. The number of aromatic nitrogens is 2. The zero-order chi connectivity index (χ0) is 15.4. The van der Waals surface area contributed by atoms with Gasteiger partial charge in [-0.25, -0.2) is 0 Å². The number of nitrogen functional groups attached to an aromatic ring is 1. The molecule has 0 atom stereocenters. The van der Waals surface area contributed by atoms with Crippen LogP contribution in [0.25, 0.3) is 0 Å². The van der Waals surface area contributed by atoms with Crippen molar-refractivity contribution in [2.75, 3.05) is 25.1 Å². The lowest BCUT2D eigenvalue weighted by Gasteiger charge is -2.11. The van der Waals surface area contributed by atoms with Gasteiger partial charge in [0.2, 0.25) is 5.91 Å². The normalized spacial score (nSPS) is 10.2. The Hall–Kier alpha value is -2.83. The Labute approximate surface area is 122 Å². The lowest BCUT2D eigenvalue weighted by molar-refractivity contribution is -0.116. The quantitative estimate of drug-likeness (QED) is 0.870. The molecule has 0 aliphatic rings. The van der Waals surface area contributed by atoms with E-state index in [1.165, 1.54) is 15.8 Å². The number of hydrogen-bond acceptors (Lipinski definition) is 4. The molecule has 0 unspecified atom stereocenters. The highest BCUT2D eigenvalue weighted by Crippen LogP contribution is 2.12. The fraction of sp³-hybridized carbons (Fsp3) is 0.214. The molecule has 0 aliphatic heterocycles. The van der Waals surface area contributed by atoms with Crippen LogP contribution in [0.3, 0.4) is 0 Å². The summed E-state index contributed by atoms with van der Waals surface area (Å²) in [6.45, 7) is 0.0586. The van der Waals surface area contributed by atoms with Crippen LogP contribution in [0.1, 0.15) is 10.4 Å². The molecule has 0 bridgehead atoms. The second-order valence-electron chi connectivity index (χ2n) is 4.80. The average Bonchev–Trinajstić information content (AvgIpc) is 2.83. The molecule has 2 rings (SSSR count). The van der Waals surface area contributed by atoms with Crippen molar-refractivity contribution in [1.82, 2.24) is 14.7 Å². The predicted molar refractivity (Wildman–Crippen MR) is 79.7 cm³/mol. The maximum Gasteiger partial charge on any atom is 0.253 e. The minimum Gasteiger partial charge on any atom is -0.396 e. The van der Waals surface area contributed by atoms with E-state index in [0.717, 1.165) is 0 Å². The van der Waals surface area contributed by atoms with E-state index in [1.807, 2.05) is 0 Å². The summed E-state index contributed by atoms with van der Waals surface area (Å²) in [7, 11) is 3.35. The first-order valence-corrected chi connectivity index (χ1v) is 6.35. The van der Waals surface area contributed by atoms with E-state index in [0.29, 0.717) is 16.9 Å². The van der Waals surface area contributed by atoms with Gasteiger partial charge in [-0.3, -0.25) is 14.3 Å². The Kier molecular flexibility index (Phi) is 4.22. The zero-order valence-electron chi connectivity index (χ0n) is 11.9. The number of nitrogens with two attached hydrogens (primary N) is 1. The molecule has 0 radical (unpaired) electrons. The molecular weight excluding hydrogens is 270 g/mol. The number of rotatable bonds is 4. The van der Waals surface area contributed by atoms with Gasteiger partial charge in [0.1, 0.15) is 6.54 Å². The molecule has 2 aromatic rings. The molecule has 0 spiro atoms. The summed E-state index contributed by atoms with van der Waals surface area (Å²) in [6.07, 6.45) is 3.05. The fourth-order valence-electron chi connectivity index (χ4n) is 1.80. The number of benzene rings is 1. The highest BCUT2D eigenvalue weighted by molar-refractivity contribution is 5.96. The summed E-state index contributed by atoms with van der Waals surface area (Å²) in [5.74, 6) is -0.362. The summed E-state index contributed by atoms with van der Waals surface area (Å²) in [6, 6.07) is 6.78. The summed E-state index contributed by atoms with van der Waals surface area (Å²) in [5, 5.41) is 6.66. The van der Waals surface area contributed by atoms with E-state index in [-0.39, 0.29) is 18.4 Å². The molecule has 2 amide bonds. The second-order valence-corrected chi connectivity index (χ2v) is 4.80. The first-order valence-electron chi connectivity index (χ1n) is 6.35. The highest BCUT2D eigenvalue weighted by Gasteiger charge is 2.10. The van der Waals surface area contributed by atoms with Crippen LogP contribution in [-0.4, -0.2) is 40.6 Å². The van der Waals surface area contributed by atoms with Crippen LogP contribution in [0.4, 0.5) is 11.4 Å². The van der Waals surface area contributed by atoms with Gasteiger partial charge < -0.3 is 16.0 Å². The third kappa shape index (κ3) is 3.82. The van der Waals surface area contributed by atoms with Crippen LogP contribution in [-0.2, 0) is 11.3 Å². The first kappa shape index (κ1) is 14.6. The van der Waals surface area contributed by atoms with Crippen molar-refractivity contribution in [3.8, 4) is 0 Å².